The Morgan fingerprint density at radius 3 is 2.77 bits per heavy atom. The zero-order chi connectivity index (χ0) is 18.7. The number of aliphatic hydroxyl groups excluding tert-OH is 1. The number of nitrogens with zero attached hydrogens (tertiary/aromatic N) is 2. The minimum Gasteiger partial charge on any atom is -0.389 e. The molecule has 1 aliphatic heterocycles. The Labute approximate surface area is 154 Å². The largest absolute Gasteiger partial charge is 0.389 e. The molecular formula is C18H19N3O4S. The number of piperidine rings is 1. The van der Waals surface area contributed by atoms with Crippen molar-refractivity contribution in [3.8, 4) is 0 Å². The van der Waals surface area contributed by atoms with Crippen molar-refractivity contribution in [1.29, 1.82) is 0 Å². The molecule has 2 aromatic rings. The first-order valence-corrected chi connectivity index (χ1v) is 9.12. The molecule has 136 valence electrons. The van der Waals surface area contributed by atoms with Crippen LogP contribution in [0.1, 0.15) is 43.9 Å². The van der Waals surface area contributed by atoms with Gasteiger partial charge >= 0.3 is 0 Å². The van der Waals surface area contributed by atoms with E-state index in [1.807, 2.05) is 0 Å². The van der Waals surface area contributed by atoms with Crippen molar-refractivity contribution < 1.29 is 19.5 Å². The normalized spacial score (nSPS) is 19.8. The standard InChI is InChI=1S/C18H19N3O4S/c1-11(22)16-8-12(10-26-16)17(24)20-13-5-7-21(9-15(13)23)18(25)14-4-2-3-6-19-14/h2-4,6,8,10,13,15,23H,5,7,9H2,1H3,(H,20,24)/t13-,15-/m1/s1. The fraction of sp³-hybridized carbons (Fsp3) is 0.333. The van der Waals surface area contributed by atoms with Crippen LogP contribution in [0.2, 0.25) is 0 Å². The molecule has 0 aliphatic carbocycles. The average Bonchev–Trinajstić information content (AvgIpc) is 3.14. The lowest BCUT2D eigenvalue weighted by molar-refractivity contribution is 0.0311. The Morgan fingerprint density at radius 1 is 1.35 bits per heavy atom. The number of carbonyl (C=O) groups excluding carboxylic acids is 3. The van der Waals surface area contributed by atoms with E-state index in [4.69, 9.17) is 0 Å². The molecule has 3 rings (SSSR count). The van der Waals surface area contributed by atoms with Gasteiger partial charge in [-0.1, -0.05) is 6.07 Å². The highest BCUT2D eigenvalue weighted by molar-refractivity contribution is 7.12. The summed E-state index contributed by atoms with van der Waals surface area (Å²) in [6.45, 7) is 1.99. The SMILES string of the molecule is CC(=O)c1cc(C(=O)N[C@@H]2CCN(C(=O)c3ccccn3)C[C@H]2O)cs1. The Morgan fingerprint density at radius 2 is 2.15 bits per heavy atom. The van der Waals surface area contributed by atoms with Gasteiger partial charge in [-0.3, -0.25) is 19.4 Å². The summed E-state index contributed by atoms with van der Waals surface area (Å²) in [5.74, 6) is -0.656. The van der Waals surface area contributed by atoms with Crippen LogP contribution in [0, 0.1) is 0 Å². The highest BCUT2D eigenvalue weighted by Gasteiger charge is 2.32. The van der Waals surface area contributed by atoms with Crippen LogP contribution in [-0.4, -0.2) is 57.8 Å². The van der Waals surface area contributed by atoms with Crippen LogP contribution >= 0.6 is 11.3 Å². The number of hydrogen-bond donors (Lipinski definition) is 2. The molecule has 0 saturated carbocycles. The first-order chi connectivity index (χ1) is 12.5. The molecule has 1 aliphatic rings. The first kappa shape index (κ1) is 18.2. The van der Waals surface area contributed by atoms with E-state index in [1.165, 1.54) is 23.2 Å². The van der Waals surface area contributed by atoms with Gasteiger partial charge < -0.3 is 15.3 Å². The van der Waals surface area contributed by atoms with Gasteiger partial charge in [0.05, 0.1) is 22.6 Å². The number of carbonyl (C=O) groups is 3. The number of amides is 2. The third-order valence-corrected chi connectivity index (χ3v) is 5.31. The summed E-state index contributed by atoms with van der Waals surface area (Å²) < 4.78 is 0. The molecule has 7 nitrogen and oxygen atoms in total. The first-order valence-electron chi connectivity index (χ1n) is 8.24. The second kappa shape index (κ2) is 7.76. The highest BCUT2D eigenvalue weighted by Crippen LogP contribution is 2.18. The Balaban J connectivity index is 1.59. The van der Waals surface area contributed by atoms with E-state index in [1.54, 1.807) is 35.8 Å². The number of ketones is 1. The van der Waals surface area contributed by atoms with Crippen molar-refractivity contribution in [3.05, 3.63) is 52.0 Å². The monoisotopic (exact) mass is 373 g/mol. The molecular weight excluding hydrogens is 354 g/mol. The predicted octanol–water partition coefficient (Wildman–Crippen LogP) is 1.35. The maximum absolute atomic E-state index is 12.4. The Hall–Kier alpha value is -2.58. The van der Waals surface area contributed by atoms with Crippen LogP contribution in [0.4, 0.5) is 0 Å². The van der Waals surface area contributed by atoms with Crippen molar-refractivity contribution in [3.63, 3.8) is 0 Å². The summed E-state index contributed by atoms with van der Waals surface area (Å²) in [7, 11) is 0. The lowest BCUT2D eigenvalue weighted by Gasteiger charge is -2.36. The topological polar surface area (TPSA) is 99.6 Å². The summed E-state index contributed by atoms with van der Waals surface area (Å²) in [5, 5.41) is 14.8. The van der Waals surface area contributed by atoms with E-state index in [9.17, 15) is 19.5 Å². The number of aliphatic hydroxyl groups is 1. The van der Waals surface area contributed by atoms with E-state index >= 15 is 0 Å². The van der Waals surface area contributed by atoms with E-state index in [-0.39, 0.29) is 24.1 Å². The molecule has 2 amide bonds. The molecule has 1 saturated heterocycles. The molecule has 26 heavy (non-hydrogen) atoms. The Bertz CT molecular complexity index is 821. The van der Waals surface area contributed by atoms with Gasteiger partial charge in [0.15, 0.2) is 5.78 Å². The van der Waals surface area contributed by atoms with Gasteiger partial charge in [0.1, 0.15) is 5.69 Å². The van der Waals surface area contributed by atoms with Gasteiger partial charge in [0.2, 0.25) is 0 Å². The van der Waals surface area contributed by atoms with E-state index < -0.39 is 12.1 Å². The molecule has 0 bridgehead atoms. The van der Waals surface area contributed by atoms with Gasteiger partial charge in [0.25, 0.3) is 11.8 Å². The second-order valence-electron chi connectivity index (χ2n) is 6.16. The number of pyridine rings is 1. The maximum Gasteiger partial charge on any atom is 0.272 e. The molecule has 2 atom stereocenters. The zero-order valence-electron chi connectivity index (χ0n) is 14.2. The zero-order valence-corrected chi connectivity index (χ0v) is 15.0. The van der Waals surface area contributed by atoms with Crippen molar-refractivity contribution in [1.82, 2.24) is 15.2 Å². The van der Waals surface area contributed by atoms with Crippen LogP contribution < -0.4 is 5.32 Å². The molecule has 2 N–H and O–H groups in total. The van der Waals surface area contributed by atoms with E-state index in [0.29, 0.717) is 29.1 Å². The van der Waals surface area contributed by atoms with E-state index in [2.05, 4.69) is 10.3 Å². The number of thiophene rings is 1. The Kier molecular flexibility index (Phi) is 5.43. The van der Waals surface area contributed by atoms with Gasteiger partial charge in [-0.15, -0.1) is 11.3 Å². The number of hydrogen-bond acceptors (Lipinski definition) is 6. The fourth-order valence-corrected chi connectivity index (χ4v) is 3.62. The second-order valence-corrected chi connectivity index (χ2v) is 7.07. The minimum atomic E-state index is -0.869. The van der Waals surface area contributed by atoms with Gasteiger partial charge in [-0.05, 0) is 31.5 Å². The molecule has 0 radical (unpaired) electrons. The van der Waals surface area contributed by atoms with Crippen LogP contribution in [-0.2, 0) is 0 Å². The third kappa shape index (κ3) is 3.97. The van der Waals surface area contributed by atoms with Crippen molar-refractivity contribution in [2.75, 3.05) is 13.1 Å². The molecule has 2 aromatic heterocycles. The minimum absolute atomic E-state index is 0.0876. The van der Waals surface area contributed by atoms with Crippen LogP contribution in [0.5, 0.6) is 0 Å². The van der Waals surface area contributed by atoms with Gasteiger partial charge in [-0.25, -0.2) is 0 Å². The summed E-state index contributed by atoms with van der Waals surface area (Å²) in [5.41, 5.74) is 0.733. The fourth-order valence-electron chi connectivity index (χ4n) is 2.83. The molecule has 8 heteroatoms. The molecule has 1 fully saturated rings. The van der Waals surface area contributed by atoms with Crippen molar-refractivity contribution in [2.24, 2.45) is 0 Å². The number of likely N-dealkylation sites (tertiary alicyclic amines) is 1. The van der Waals surface area contributed by atoms with Crippen molar-refractivity contribution >= 4 is 28.9 Å². The lowest BCUT2D eigenvalue weighted by atomic mass is 10.0. The quantitative estimate of drug-likeness (QED) is 0.788. The number of β-amino-alcohol motifs (C(OH)–C–C–N with tert-alkyl or cyclic N) is 1. The number of aromatic nitrogens is 1. The number of nitrogens with one attached hydrogen (secondary N) is 1. The molecule has 0 unspecified atom stereocenters. The number of rotatable bonds is 4. The van der Waals surface area contributed by atoms with E-state index in [0.717, 1.165) is 0 Å². The van der Waals surface area contributed by atoms with Crippen molar-refractivity contribution in [2.45, 2.75) is 25.5 Å². The summed E-state index contributed by atoms with van der Waals surface area (Å²) in [6, 6.07) is 6.20. The summed E-state index contributed by atoms with van der Waals surface area (Å²) >= 11 is 1.22. The van der Waals surface area contributed by atoms with Gasteiger partial charge in [-0.2, -0.15) is 0 Å². The highest BCUT2D eigenvalue weighted by atomic mass is 32.1. The average molecular weight is 373 g/mol. The maximum atomic E-state index is 12.4. The molecule has 3 heterocycles. The molecule has 0 aromatic carbocycles. The summed E-state index contributed by atoms with van der Waals surface area (Å²) in [4.78, 5) is 42.1. The smallest absolute Gasteiger partial charge is 0.272 e. The van der Waals surface area contributed by atoms with Crippen LogP contribution in [0.15, 0.2) is 35.8 Å². The molecule has 0 spiro atoms. The van der Waals surface area contributed by atoms with Crippen LogP contribution in [0.25, 0.3) is 0 Å². The van der Waals surface area contributed by atoms with Gasteiger partial charge in [0, 0.05) is 24.7 Å². The number of Topliss-reactive ketones (excluding diaryl/α,β-unsaturated/α-hetero) is 1. The predicted molar refractivity (Wildman–Crippen MR) is 96.3 cm³/mol. The van der Waals surface area contributed by atoms with Crippen LogP contribution in [0.3, 0.4) is 0 Å². The summed E-state index contributed by atoms with van der Waals surface area (Å²) in [6.07, 6.45) is 1.12. The third-order valence-electron chi connectivity index (χ3n) is 4.28. The lowest BCUT2D eigenvalue weighted by Crippen LogP contribution is -2.55.